The number of rotatable bonds is 7. The van der Waals surface area contributed by atoms with E-state index in [2.05, 4.69) is 9.47 Å². The summed E-state index contributed by atoms with van der Waals surface area (Å²) in [5.74, 6) is -0.158. The van der Waals surface area contributed by atoms with Gasteiger partial charge in [-0.3, -0.25) is 4.79 Å². The first-order chi connectivity index (χ1) is 6.45. The van der Waals surface area contributed by atoms with Crippen LogP contribution in [-0.4, -0.2) is 38.9 Å². The molecule has 0 spiro atoms. The number of carbonyl (C=O) groups is 1. The minimum atomic E-state index is -4.32. The number of alkyl halides is 3. The van der Waals surface area contributed by atoms with Gasteiger partial charge in [0.25, 0.3) is 0 Å². The maximum atomic E-state index is 11.6. The molecule has 0 aliphatic heterocycles. The van der Waals surface area contributed by atoms with Crippen LogP contribution in [0.15, 0.2) is 0 Å². The van der Waals surface area contributed by atoms with E-state index in [0.717, 1.165) is 0 Å². The zero-order valence-corrected chi connectivity index (χ0v) is 7.89. The summed E-state index contributed by atoms with van der Waals surface area (Å²) in [6.07, 6.45) is -4.11. The molecule has 0 amide bonds. The molecule has 0 fully saturated rings. The van der Waals surface area contributed by atoms with Gasteiger partial charge in [0.2, 0.25) is 0 Å². The molecule has 0 radical (unpaired) electrons. The zero-order chi connectivity index (χ0) is 11.0. The molecule has 84 valence electrons. The molecular formula is C8H13F3O3. The number of ketones is 1. The summed E-state index contributed by atoms with van der Waals surface area (Å²) in [6, 6.07) is 0. The first-order valence-corrected chi connectivity index (χ1v) is 4.11. The first kappa shape index (κ1) is 13.4. The van der Waals surface area contributed by atoms with Crippen LogP contribution in [0.5, 0.6) is 0 Å². The lowest BCUT2D eigenvalue weighted by Crippen LogP contribution is -2.18. The van der Waals surface area contributed by atoms with Crippen molar-refractivity contribution in [1.29, 1.82) is 0 Å². The van der Waals surface area contributed by atoms with Crippen LogP contribution in [0.4, 0.5) is 13.2 Å². The van der Waals surface area contributed by atoms with E-state index in [1.54, 1.807) is 0 Å². The Kier molecular flexibility index (Phi) is 6.48. The monoisotopic (exact) mass is 214 g/mol. The first-order valence-electron chi connectivity index (χ1n) is 4.11. The molecule has 0 rings (SSSR count). The Balaban J connectivity index is 3.32. The van der Waals surface area contributed by atoms with E-state index in [1.807, 2.05) is 0 Å². The van der Waals surface area contributed by atoms with Gasteiger partial charge < -0.3 is 9.47 Å². The molecule has 3 nitrogen and oxygen atoms in total. The number of halogens is 3. The molecule has 0 aromatic rings. The minimum Gasteiger partial charge on any atom is -0.384 e. The summed E-state index contributed by atoms with van der Waals surface area (Å²) < 4.78 is 43.6. The highest BCUT2D eigenvalue weighted by molar-refractivity contribution is 5.78. The number of hydrogen-bond donors (Lipinski definition) is 0. The van der Waals surface area contributed by atoms with Crippen LogP contribution in [0.3, 0.4) is 0 Å². The van der Waals surface area contributed by atoms with Crippen molar-refractivity contribution in [3.63, 3.8) is 0 Å². The van der Waals surface area contributed by atoms with Crippen molar-refractivity contribution in [1.82, 2.24) is 0 Å². The van der Waals surface area contributed by atoms with E-state index < -0.39 is 12.8 Å². The van der Waals surface area contributed by atoms with Crippen LogP contribution in [-0.2, 0) is 14.3 Å². The second kappa shape index (κ2) is 6.78. The Morgan fingerprint density at radius 1 is 1.21 bits per heavy atom. The Hall–Kier alpha value is -0.620. The third-order valence-electron chi connectivity index (χ3n) is 1.38. The molecule has 0 aromatic heterocycles. The van der Waals surface area contributed by atoms with Crippen LogP contribution in [0.1, 0.15) is 12.8 Å². The van der Waals surface area contributed by atoms with Gasteiger partial charge in [0.1, 0.15) is 12.4 Å². The van der Waals surface area contributed by atoms with E-state index in [0.29, 0.717) is 0 Å². The van der Waals surface area contributed by atoms with Crippen LogP contribution in [0.25, 0.3) is 0 Å². The normalized spacial score (nSPS) is 11.7. The lowest BCUT2D eigenvalue weighted by Gasteiger charge is -2.06. The average molecular weight is 214 g/mol. The molecule has 0 aliphatic carbocycles. The van der Waals surface area contributed by atoms with Gasteiger partial charge in [-0.25, -0.2) is 0 Å². The summed E-state index contributed by atoms with van der Waals surface area (Å²) in [5.41, 5.74) is 0. The van der Waals surface area contributed by atoms with Crippen LogP contribution in [0.2, 0.25) is 0 Å². The van der Waals surface area contributed by atoms with E-state index in [1.165, 1.54) is 7.11 Å². The van der Waals surface area contributed by atoms with Crippen molar-refractivity contribution in [2.75, 3.05) is 26.9 Å². The third kappa shape index (κ3) is 9.47. The molecule has 0 bridgehead atoms. The number of hydrogen-bond acceptors (Lipinski definition) is 3. The molecule has 0 saturated carbocycles. The molecule has 0 heterocycles. The highest BCUT2D eigenvalue weighted by atomic mass is 19.4. The maximum absolute atomic E-state index is 11.6. The van der Waals surface area contributed by atoms with E-state index >= 15 is 0 Å². The Labute approximate surface area is 80.2 Å². The summed E-state index contributed by atoms with van der Waals surface area (Å²) in [5, 5.41) is 0. The van der Waals surface area contributed by atoms with Gasteiger partial charge in [0.05, 0.1) is 13.2 Å². The summed E-state index contributed by atoms with van der Waals surface area (Å²) in [4.78, 5) is 10.9. The van der Waals surface area contributed by atoms with Gasteiger partial charge in [0, 0.05) is 20.0 Å². The topological polar surface area (TPSA) is 35.5 Å². The SMILES string of the molecule is COCCC(=O)CCOCC(F)(F)F. The van der Waals surface area contributed by atoms with Crippen LogP contribution < -0.4 is 0 Å². The third-order valence-corrected chi connectivity index (χ3v) is 1.38. The largest absolute Gasteiger partial charge is 0.411 e. The van der Waals surface area contributed by atoms with Crippen molar-refractivity contribution in [3.05, 3.63) is 0 Å². The van der Waals surface area contributed by atoms with Gasteiger partial charge in [-0.15, -0.1) is 0 Å². The number of carbonyl (C=O) groups excluding carboxylic acids is 1. The van der Waals surface area contributed by atoms with Crippen LogP contribution in [0, 0.1) is 0 Å². The van der Waals surface area contributed by atoms with E-state index in [4.69, 9.17) is 0 Å². The molecule has 0 saturated heterocycles. The number of ether oxygens (including phenoxy) is 2. The van der Waals surface area contributed by atoms with Gasteiger partial charge in [-0.05, 0) is 0 Å². The fourth-order valence-corrected chi connectivity index (χ4v) is 0.715. The molecule has 0 unspecified atom stereocenters. The second-order valence-electron chi connectivity index (χ2n) is 2.70. The van der Waals surface area contributed by atoms with Crippen molar-refractivity contribution < 1.29 is 27.4 Å². The average Bonchev–Trinajstić information content (AvgIpc) is 2.07. The number of methoxy groups -OCH3 is 1. The smallest absolute Gasteiger partial charge is 0.384 e. The second-order valence-corrected chi connectivity index (χ2v) is 2.70. The molecule has 0 atom stereocenters. The van der Waals surface area contributed by atoms with Crippen molar-refractivity contribution in [2.24, 2.45) is 0 Å². The Morgan fingerprint density at radius 2 is 1.79 bits per heavy atom. The molecule has 6 heteroatoms. The Bertz CT molecular complexity index is 168. The van der Waals surface area contributed by atoms with Crippen molar-refractivity contribution >= 4 is 5.78 Å². The van der Waals surface area contributed by atoms with Gasteiger partial charge in [-0.1, -0.05) is 0 Å². The maximum Gasteiger partial charge on any atom is 0.411 e. The summed E-state index contributed by atoms with van der Waals surface area (Å²) in [6.45, 7) is -1.20. The fourth-order valence-electron chi connectivity index (χ4n) is 0.715. The fraction of sp³-hybridized carbons (Fsp3) is 0.875. The lowest BCUT2D eigenvalue weighted by molar-refractivity contribution is -0.174. The van der Waals surface area contributed by atoms with E-state index in [9.17, 15) is 18.0 Å². The highest BCUT2D eigenvalue weighted by Gasteiger charge is 2.27. The van der Waals surface area contributed by atoms with E-state index in [-0.39, 0.29) is 31.8 Å². The Morgan fingerprint density at radius 3 is 2.29 bits per heavy atom. The molecule has 0 N–H and O–H groups in total. The van der Waals surface area contributed by atoms with Gasteiger partial charge in [-0.2, -0.15) is 13.2 Å². The minimum absolute atomic E-state index is 0.000556. The molecule has 0 aliphatic rings. The predicted molar refractivity (Wildman–Crippen MR) is 43.0 cm³/mol. The zero-order valence-electron chi connectivity index (χ0n) is 7.89. The molecular weight excluding hydrogens is 201 g/mol. The molecule has 14 heavy (non-hydrogen) atoms. The lowest BCUT2D eigenvalue weighted by atomic mass is 10.2. The van der Waals surface area contributed by atoms with Gasteiger partial charge >= 0.3 is 6.18 Å². The molecule has 0 aromatic carbocycles. The predicted octanol–water partition coefficient (Wildman–Crippen LogP) is 1.56. The highest BCUT2D eigenvalue weighted by Crippen LogP contribution is 2.14. The summed E-state index contributed by atoms with van der Waals surface area (Å²) >= 11 is 0. The summed E-state index contributed by atoms with van der Waals surface area (Å²) in [7, 11) is 1.45. The van der Waals surface area contributed by atoms with Crippen molar-refractivity contribution in [3.8, 4) is 0 Å². The number of Topliss-reactive ketones (excluding diaryl/α,β-unsaturated/α-hetero) is 1. The van der Waals surface area contributed by atoms with Crippen molar-refractivity contribution in [2.45, 2.75) is 19.0 Å². The standard InChI is InChI=1S/C8H13F3O3/c1-13-4-2-7(12)3-5-14-6-8(9,10)11/h2-6H2,1H3. The van der Waals surface area contributed by atoms with Crippen LogP contribution >= 0.6 is 0 Å². The quantitative estimate of drug-likeness (QED) is 0.603. The van der Waals surface area contributed by atoms with Gasteiger partial charge in [0.15, 0.2) is 0 Å².